The quantitative estimate of drug-likeness (QED) is 0.177. The van der Waals surface area contributed by atoms with Gasteiger partial charge in [0, 0.05) is 27.5 Å². The lowest BCUT2D eigenvalue weighted by atomic mass is 9.52. The van der Waals surface area contributed by atoms with E-state index in [4.69, 9.17) is 14.4 Å². The van der Waals surface area contributed by atoms with Gasteiger partial charge >= 0.3 is 0 Å². The molecule has 69 heavy (non-hydrogen) atoms. The van der Waals surface area contributed by atoms with E-state index in [1.807, 2.05) is 0 Å². The molecule has 0 saturated heterocycles. The molecule has 0 saturated carbocycles. The predicted octanol–water partition coefficient (Wildman–Crippen LogP) is 16.1. The molecule has 3 aliphatic carbocycles. The summed E-state index contributed by atoms with van der Waals surface area (Å²) in [6.07, 6.45) is 0. The van der Waals surface area contributed by atoms with E-state index in [1.54, 1.807) is 0 Å². The van der Waals surface area contributed by atoms with Crippen molar-refractivity contribution in [2.45, 2.75) is 10.8 Å². The zero-order chi connectivity index (χ0) is 45.3. The fraction of sp³-hybridized carbons (Fsp3) is 0.0303. The Labute approximate surface area is 399 Å². The first-order valence-corrected chi connectivity index (χ1v) is 23.8. The van der Waals surface area contributed by atoms with Crippen LogP contribution in [0.1, 0.15) is 44.5 Å². The second-order valence-electron chi connectivity index (χ2n) is 18.6. The van der Waals surface area contributed by atoms with E-state index in [-0.39, 0.29) is 0 Å². The zero-order valence-electron chi connectivity index (χ0n) is 37.4. The third kappa shape index (κ3) is 5.06. The first-order valence-electron chi connectivity index (χ1n) is 23.8. The van der Waals surface area contributed by atoms with Crippen LogP contribution in [-0.4, -0.2) is 9.97 Å². The van der Waals surface area contributed by atoms with E-state index in [0.29, 0.717) is 5.82 Å². The van der Waals surface area contributed by atoms with Crippen molar-refractivity contribution in [1.82, 2.24) is 9.97 Å². The zero-order valence-corrected chi connectivity index (χ0v) is 37.4. The van der Waals surface area contributed by atoms with Crippen LogP contribution in [0.15, 0.2) is 247 Å². The molecular formula is C66H40N2O. The molecular weight excluding hydrogens is 837 g/mol. The van der Waals surface area contributed by atoms with Crippen molar-refractivity contribution in [1.29, 1.82) is 0 Å². The molecule has 0 amide bonds. The van der Waals surface area contributed by atoms with Crippen LogP contribution < -0.4 is 0 Å². The minimum absolute atomic E-state index is 0.567. The number of nitrogens with zero attached hydrogens (tertiary/aromatic N) is 2. The van der Waals surface area contributed by atoms with Crippen molar-refractivity contribution in [3.8, 4) is 67.3 Å². The number of para-hydroxylation sites is 1. The summed E-state index contributed by atoms with van der Waals surface area (Å²) in [6, 6.07) is 88.7. The largest absolute Gasteiger partial charge is 0.456 e. The Morgan fingerprint density at radius 2 is 0.812 bits per heavy atom. The van der Waals surface area contributed by atoms with Gasteiger partial charge in [0.15, 0.2) is 5.82 Å². The van der Waals surface area contributed by atoms with Gasteiger partial charge in [0.05, 0.1) is 22.2 Å². The van der Waals surface area contributed by atoms with Gasteiger partial charge in [-0.05, 0) is 102 Å². The third-order valence-corrected chi connectivity index (χ3v) is 15.4. The first kappa shape index (κ1) is 38.2. The standard InChI is InChI=1S/C66H40N2O/c1-3-19-41(20-4-1)43-23-17-24-44(39-43)57-40-58(68-64(67-57)42-21-5-2-6-22-42)47-28-18-29-49-61-56(37-38-60-62(61)48-27-9-16-36-59(48)69-60)66(63(47)49)54-34-14-12-32-52(54)65(53-33-13-15-35-55(53)66)50-30-10-7-25-45(50)46-26-8-11-31-51(46)65/h1-40H. The van der Waals surface area contributed by atoms with E-state index in [9.17, 15) is 0 Å². The van der Waals surface area contributed by atoms with Gasteiger partial charge in [0.25, 0.3) is 0 Å². The Balaban J connectivity index is 1.09. The van der Waals surface area contributed by atoms with Crippen molar-refractivity contribution in [3.63, 3.8) is 0 Å². The molecule has 2 heterocycles. The molecule has 0 aliphatic heterocycles. The van der Waals surface area contributed by atoms with Gasteiger partial charge < -0.3 is 4.42 Å². The van der Waals surface area contributed by atoms with Crippen LogP contribution in [0.2, 0.25) is 0 Å². The van der Waals surface area contributed by atoms with Gasteiger partial charge in [-0.25, -0.2) is 9.97 Å². The number of hydrogen-bond donors (Lipinski definition) is 0. The third-order valence-electron chi connectivity index (χ3n) is 15.4. The molecule has 0 atom stereocenters. The van der Waals surface area contributed by atoms with Crippen molar-refractivity contribution >= 4 is 21.9 Å². The monoisotopic (exact) mass is 876 g/mol. The Kier molecular flexibility index (Phi) is 7.92. The molecule has 12 aromatic rings. The summed E-state index contributed by atoms with van der Waals surface area (Å²) in [7, 11) is 0. The van der Waals surface area contributed by atoms with Crippen molar-refractivity contribution in [3.05, 3.63) is 287 Å². The van der Waals surface area contributed by atoms with Crippen LogP contribution in [0.5, 0.6) is 0 Å². The number of aromatic nitrogens is 2. The lowest BCUT2D eigenvalue weighted by Crippen LogP contribution is -2.44. The maximum atomic E-state index is 6.73. The van der Waals surface area contributed by atoms with Crippen LogP contribution in [0.3, 0.4) is 0 Å². The minimum Gasteiger partial charge on any atom is -0.456 e. The van der Waals surface area contributed by atoms with Crippen LogP contribution in [0, 0.1) is 0 Å². The van der Waals surface area contributed by atoms with E-state index < -0.39 is 10.8 Å². The fourth-order valence-electron chi connectivity index (χ4n) is 12.8. The molecule has 2 spiro atoms. The number of furan rings is 1. The SMILES string of the molecule is c1ccc(-c2cccc(-c3cc(-c4cccc5c4C4(c6ccccc6C6(c7ccccc7-c7ccccc76)c6ccccc64)c4ccc6oc7ccccc7c6c4-5)nc(-c4ccccc4)n3)c2)cc1. The van der Waals surface area contributed by atoms with Gasteiger partial charge in [-0.1, -0.05) is 218 Å². The van der Waals surface area contributed by atoms with E-state index >= 15 is 0 Å². The predicted molar refractivity (Wildman–Crippen MR) is 279 cm³/mol. The molecule has 0 radical (unpaired) electrons. The van der Waals surface area contributed by atoms with Crippen LogP contribution in [0.25, 0.3) is 89.2 Å². The Bertz CT molecular complexity index is 3990. The Hall–Kier alpha value is -8.92. The highest BCUT2D eigenvalue weighted by atomic mass is 16.3. The second kappa shape index (κ2) is 14.3. The normalized spacial score (nSPS) is 14.0. The summed E-state index contributed by atoms with van der Waals surface area (Å²) in [4.78, 5) is 11.0. The van der Waals surface area contributed by atoms with Gasteiger partial charge in [-0.2, -0.15) is 0 Å². The van der Waals surface area contributed by atoms with Gasteiger partial charge in [0.2, 0.25) is 0 Å². The first-order chi connectivity index (χ1) is 34.2. The van der Waals surface area contributed by atoms with Crippen LogP contribution >= 0.6 is 0 Å². The molecule has 320 valence electrons. The van der Waals surface area contributed by atoms with Gasteiger partial charge in [-0.15, -0.1) is 0 Å². The number of rotatable bonds is 4. The topological polar surface area (TPSA) is 38.9 Å². The highest BCUT2D eigenvalue weighted by Gasteiger charge is 2.59. The van der Waals surface area contributed by atoms with E-state index in [2.05, 4.69) is 243 Å². The summed E-state index contributed by atoms with van der Waals surface area (Å²) in [5.41, 5.74) is 22.7. The summed E-state index contributed by atoms with van der Waals surface area (Å²) < 4.78 is 6.73. The molecule has 0 N–H and O–H groups in total. The maximum Gasteiger partial charge on any atom is 0.160 e. The average Bonchev–Trinajstić information content (AvgIpc) is 4.06. The number of benzene rings is 10. The highest BCUT2D eigenvalue weighted by Crippen LogP contribution is 2.69. The molecule has 15 rings (SSSR count). The fourth-order valence-corrected chi connectivity index (χ4v) is 12.8. The molecule has 2 aromatic heterocycles. The number of hydrogen-bond acceptors (Lipinski definition) is 3. The molecule has 10 aromatic carbocycles. The maximum absolute atomic E-state index is 6.73. The molecule has 0 fully saturated rings. The van der Waals surface area contributed by atoms with Crippen LogP contribution in [0.4, 0.5) is 0 Å². The van der Waals surface area contributed by atoms with Gasteiger partial charge in [-0.3, -0.25) is 0 Å². The molecule has 3 nitrogen and oxygen atoms in total. The lowest BCUT2D eigenvalue weighted by Gasteiger charge is -2.49. The molecule has 3 aliphatic rings. The number of fused-ring (bicyclic) bond motifs is 20. The van der Waals surface area contributed by atoms with E-state index in [1.165, 1.54) is 66.8 Å². The minimum atomic E-state index is -0.774. The molecule has 3 heteroatoms. The molecule has 0 unspecified atom stereocenters. The summed E-state index contributed by atoms with van der Waals surface area (Å²) >= 11 is 0. The van der Waals surface area contributed by atoms with Crippen LogP contribution in [-0.2, 0) is 10.8 Å². The molecule has 0 bridgehead atoms. The van der Waals surface area contributed by atoms with E-state index in [0.717, 1.165) is 61.1 Å². The Morgan fingerprint density at radius 3 is 1.51 bits per heavy atom. The highest BCUT2D eigenvalue weighted by molar-refractivity contribution is 6.16. The summed E-state index contributed by atoms with van der Waals surface area (Å²) in [5, 5.41) is 2.25. The van der Waals surface area contributed by atoms with Crippen molar-refractivity contribution in [2.24, 2.45) is 0 Å². The summed E-state index contributed by atoms with van der Waals surface area (Å²) in [6.45, 7) is 0. The van der Waals surface area contributed by atoms with Crippen molar-refractivity contribution < 1.29 is 4.42 Å². The summed E-state index contributed by atoms with van der Waals surface area (Å²) in [5.74, 6) is 0.682. The lowest BCUT2D eigenvalue weighted by molar-refractivity contribution is 0.633. The average molecular weight is 877 g/mol. The van der Waals surface area contributed by atoms with Gasteiger partial charge in [0.1, 0.15) is 11.2 Å². The van der Waals surface area contributed by atoms with Crippen molar-refractivity contribution in [2.75, 3.05) is 0 Å². The Morgan fingerprint density at radius 1 is 0.304 bits per heavy atom. The second-order valence-corrected chi connectivity index (χ2v) is 18.6. The smallest absolute Gasteiger partial charge is 0.160 e.